The van der Waals surface area contributed by atoms with Gasteiger partial charge in [-0.3, -0.25) is 4.79 Å². The number of anilines is 1. The fourth-order valence-electron chi connectivity index (χ4n) is 1.98. The second kappa shape index (κ2) is 5.78. The number of ketones is 1. The van der Waals surface area contributed by atoms with Gasteiger partial charge in [0.25, 0.3) is 0 Å². The summed E-state index contributed by atoms with van der Waals surface area (Å²) < 4.78 is 5.70. The van der Waals surface area contributed by atoms with Gasteiger partial charge in [0.05, 0.1) is 11.7 Å². The van der Waals surface area contributed by atoms with Crippen LogP contribution in [0.3, 0.4) is 0 Å². The predicted molar refractivity (Wildman–Crippen MR) is 81.2 cm³/mol. The third-order valence-electron chi connectivity index (χ3n) is 3.03. The van der Waals surface area contributed by atoms with Gasteiger partial charge in [-0.25, -0.2) is 0 Å². The zero-order chi connectivity index (χ0) is 14.7. The van der Waals surface area contributed by atoms with Crippen LogP contribution < -0.4 is 10.5 Å². The number of nitrogens with two attached hydrogens (primary N) is 1. The van der Waals surface area contributed by atoms with Crippen molar-refractivity contribution < 1.29 is 9.53 Å². The number of aryl methyl sites for hydroxylation is 1. The Morgan fingerprint density at radius 3 is 2.50 bits per heavy atom. The predicted octanol–water partition coefficient (Wildman–Crippen LogP) is 3.60. The van der Waals surface area contributed by atoms with E-state index >= 15 is 0 Å². The zero-order valence-electron chi connectivity index (χ0n) is 12.0. The summed E-state index contributed by atoms with van der Waals surface area (Å²) in [6, 6.07) is 12.6. The second-order valence-corrected chi connectivity index (χ2v) is 5.06. The van der Waals surface area contributed by atoms with Gasteiger partial charge in [0.15, 0.2) is 5.78 Å². The molecule has 20 heavy (non-hydrogen) atoms. The summed E-state index contributed by atoms with van der Waals surface area (Å²) in [5, 5.41) is 0. The van der Waals surface area contributed by atoms with Gasteiger partial charge in [0, 0.05) is 11.3 Å². The number of nitrogen functional groups attached to an aromatic ring is 1. The molecule has 2 aromatic rings. The van der Waals surface area contributed by atoms with Crippen LogP contribution in [0.4, 0.5) is 5.69 Å². The average molecular weight is 269 g/mol. The molecule has 0 radical (unpaired) electrons. The van der Waals surface area contributed by atoms with Crippen LogP contribution in [0.5, 0.6) is 5.75 Å². The Hall–Kier alpha value is -2.29. The first-order chi connectivity index (χ1) is 9.49. The molecule has 0 aliphatic heterocycles. The average Bonchev–Trinajstić information content (AvgIpc) is 2.41. The molecule has 0 heterocycles. The van der Waals surface area contributed by atoms with Crippen LogP contribution in [0, 0.1) is 6.92 Å². The maximum absolute atomic E-state index is 12.6. The first-order valence-electron chi connectivity index (χ1n) is 6.65. The molecule has 0 amide bonds. The molecular weight excluding hydrogens is 250 g/mol. The molecule has 0 aromatic heterocycles. The largest absolute Gasteiger partial charge is 0.490 e. The Bertz CT molecular complexity index is 633. The number of para-hydroxylation sites is 1. The van der Waals surface area contributed by atoms with Crippen LogP contribution >= 0.6 is 0 Å². The minimum absolute atomic E-state index is 0.0251. The van der Waals surface area contributed by atoms with Crippen LogP contribution in [0.15, 0.2) is 42.5 Å². The third kappa shape index (κ3) is 2.99. The molecule has 3 heteroatoms. The molecule has 104 valence electrons. The van der Waals surface area contributed by atoms with E-state index in [0.717, 1.165) is 5.56 Å². The van der Waals surface area contributed by atoms with Gasteiger partial charge in [-0.2, -0.15) is 0 Å². The van der Waals surface area contributed by atoms with Crippen molar-refractivity contribution in [3.63, 3.8) is 0 Å². The highest BCUT2D eigenvalue weighted by molar-refractivity contribution is 6.11. The molecule has 0 saturated carbocycles. The van der Waals surface area contributed by atoms with Crippen molar-refractivity contribution in [1.82, 2.24) is 0 Å². The van der Waals surface area contributed by atoms with Crippen molar-refractivity contribution in [2.45, 2.75) is 26.9 Å². The van der Waals surface area contributed by atoms with Crippen molar-refractivity contribution in [3.8, 4) is 5.75 Å². The fourth-order valence-corrected chi connectivity index (χ4v) is 1.98. The second-order valence-electron chi connectivity index (χ2n) is 5.06. The highest BCUT2D eigenvalue weighted by Gasteiger charge is 2.15. The number of hydrogen-bond acceptors (Lipinski definition) is 3. The van der Waals surface area contributed by atoms with Crippen molar-refractivity contribution in [2.75, 3.05) is 5.73 Å². The summed E-state index contributed by atoms with van der Waals surface area (Å²) in [6.45, 7) is 5.77. The van der Waals surface area contributed by atoms with Crippen LogP contribution in [-0.4, -0.2) is 11.9 Å². The van der Waals surface area contributed by atoms with Crippen molar-refractivity contribution >= 4 is 11.5 Å². The van der Waals surface area contributed by atoms with E-state index in [2.05, 4.69) is 0 Å². The number of hydrogen-bond donors (Lipinski definition) is 1. The molecule has 2 rings (SSSR count). The molecule has 3 nitrogen and oxygen atoms in total. The molecule has 0 aliphatic rings. The van der Waals surface area contributed by atoms with Gasteiger partial charge in [0.2, 0.25) is 0 Å². The number of rotatable bonds is 4. The van der Waals surface area contributed by atoms with Crippen LogP contribution in [0.1, 0.15) is 35.3 Å². The molecule has 0 unspecified atom stereocenters. The first kappa shape index (κ1) is 14.1. The molecule has 0 spiro atoms. The lowest BCUT2D eigenvalue weighted by atomic mass is 10.00. The van der Waals surface area contributed by atoms with E-state index in [0.29, 0.717) is 22.6 Å². The number of carbonyl (C=O) groups is 1. The van der Waals surface area contributed by atoms with Crippen LogP contribution in [-0.2, 0) is 0 Å². The van der Waals surface area contributed by atoms with Gasteiger partial charge < -0.3 is 10.5 Å². The van der Waals surface area contributed by atoms with Crippen molar-refractivity contribution in [2.24, 2.45) is 0 Å². The Kier molecular flexibility index (Phi) is 4.08. The molecule has 0 fully saturated rings. The van der Waals surface area contributed by atoms with Crippen LogP contribution in [0.25, 0.3) is 0 Å². The SMILES string of the molecule is Cc1cc(C(=O)c2ccccc2OC(C)C)ccc1N. The first-order valence-corrected chi connectivity index (χ1v) is 6.65. The highest BCUT2D eigenvalue weighted by Crippen LogP contribution is 2.24. The normalized spacial score (nSPS) is 10.6. The Labute approximate surface area is 119 Å². The third-order valence-corrected chi connectivity index (χ3v) is 3.03. The van der Waals surface area contributed by atoms with E-state index in [1.165, 1.54) is 0 Å². The smallest absolute Gasteiger partial charge is 0.196 e. The topological polar surface area (TPSA) is 52.3 Å². The maximum atomic E-state index is 12.6. The Morgan fingerprint density at radius 1 is 1.15 bits per heavy atom. The van der Waals surface area contributed by atoms with E-state index in [1.807, 2.05) is 45.0 Å². The van der Waals surface area contributed by atoms with Gasteiger partial charge in [-0.05, 0) is 56.7 Å². The van der Waals surface area contributed by atoms with Gasteiger partial charge >= 0.3 is 0 Å². The molecule has 0 aliphatic carbocycles. The lowest BCUT2D eigenvalue weighted by molar-refractivity contribution is 0.103. The maximum Gasteiger partial charge on any atom is 0.196 e. The highest BCUT2D eigenvalue weighted by atomic mass is 16.5. The van der Waals surface area contributed by atoms with Gasteiger partial charge in [0.1, 0.15) is 5.75 Å². The summed E-state index contributed by atoms with van der Waals surface area (Å²) >= 11 is 0. The lowest BCUT2D eigenvalue weighted by Crippen LogP contribution is -2.11. The number of carbonyl (C=O) groups excluding carboxylic acids is 1. The summed E-state index contributed by atoms with van der Waals surface area (Å²) in [5.41, 5.74) is 8.57. The minimum atomic E-state index is -0.0515. The summed E-state index contributed by atoms with van der Waals surface area (Å²) in [6.07, 6.45) is 0.0251. The molecule has 2 N–H and O–H groups in total. The van der Waals surface area contributed by atoms with E-state index < -0.39 is 0 Å². The Balaban J connectivity index is 2.40. The van der Waals surface area contributed by atoms with E-state index in [-0.39, 0.29) is 11.9 Å². The van der Waals surface area contributed by atoms with Crippen molar-refractivity contribution in [3.05, 3.63) is 59.2 Å². The van der Waals surface area contributed by atoms with E-state index in [9.17, 15) is 4.79 Å². The molecule has 2 aromatic carbocycles. The standard InChI is InChI=1S/C17H19NO2/c1-11(2)20-16-7-5-4-6-14(16)17(19)13-8-9-15(18)12(3)10-13/h4-11H,18H2,1-3H3. The number of ether oxygens (including phenoxy) is 1. The van der Waals surface area contributed by atoms with Crippen molar-refractivity contribution in [1.29, 1.82) is 0 Å². The zero-order valence-corrected chi connectivity index (χ0v) is 12.0. The van der Waals surface area contributed by atoms with Gasteiger partial charge in [-0.15, -0.1) is 0 Å². The molecular formula is C17H19NO2. The minimum Gasteiger partial charge on any atom is -0.490 e. The Morgan fingerprint density at radius 2 is 1.85 bits per heavy atom. The van der Waals surface area contributed by atoms with Crippen LogP contribution in [0.2, 0.25) is 0 Å². The molecule has 0 atom stereocenters. The molecule has 0 saturated heterocycles. The van der Waals surface area contributed by atoms with Gasteiger partial charge in [-0.1, -0.05) is 12.1 Å². The summed E-state index contributed by atoms with van der Waals surface area (Å²) in [5.74, 6) is 0.561. The summed E-state index contributed by atoms with van der Waals surface area (Å²) in [7, 11) is 0. The fraction of sp³-hybridized carbons (Fsp3) is 0.235. The molecule has 0 bridgehead atoms. The monoisotopic (exact) mass is 269 g/mol. The lowest BCUT2D eigenvalue weighted by Gasteiger charge is -2.13. The van der Waals surface area contributed by atoms with E-state index in [1.54, 1.807) is 18.2 Å². The quantitative estimate of drug-likeness (QED) is 0.681. The summed E-state index contributed by atoms with van der Waals surface area (Å²) in [4.78, 5) is 12.6. The van der Waals surface area contributed by atoms with E-state index in [4.69, 9.17) is 10.5 Å². The number of benzene rings is 2.